The molecule has 0 spiro atoms. The van der Waals surface area contributed by atoms with Crippen LogP contribution in [-0.4, -0.2) is 41.0 Å². The van der Waals surface area contributed by atoms with Crippen molar-refractivity contribution in [1.82, 2.24) is 9.91 Å². The number of carbonyl (C=O) groups excluding carboxylic acids is 2. The average molecular weight is 303 g/mol. The zero-order valence-corrected chi connectivity index (χ0v) is 12.5. The Bertz CT molecular complexity index is 627. The van der Waals surface area contributed by atoms with Crippen molar-refractivity contribution in [1.29, 1.82) is 0 Å². The fraction of sp³-hybridized carbons (Fsp3) is 0.438. The summed E-state index contributed by atoms with van der Waals surface area (Å²) in [6.45, 7) is 0.664. The number of amides is 2. The fourth-order valence-corrected chi connectivity index (χ4v) is 3.03. The summed E-state index contributed by atoms with van der Waals surface area (Å²) in [6, 6.07) is 6.24. The van der Waals surface area contributed by atoms with E-state index in [1.807, 2.05) is 0 Å². The summed E-state index contributed by atoms with van der Waals surface area (Å²) in [5, 5.41) is 5.34. The van der Waals surface area contributed by atoms with Gasteiger partial charge in [0.15, 0.2) is 0 Å². The number of hydrazone groups is 1. The van der Waals surface area contributed by atoms with Gasteiger partial charge in [-0.15, -0.1) is 0 Å². The maximum absolute atomic E-state index is 13.1. The first-order valence-corrected chi connectivity index (χ1v) is 7.47. The van der Waals surface area contributed by atoms with Gasteiger partial charge >= 0.3 is 0 Å². The van der Waals surface area contributed by atoms with Gasteiger partial charge in [0.25, 0.3) is 5.91 Å². The molecule has 2 heterocycles. The Hall–Kier alpha value is -2.24. The van der Waals surface area contributed by atoms with Crippen LogP contribution in [0.25, 0.3) is 0 Å². The van der Waals surface area contributed by atoms with Crippen LogP contribution in [0.15, 0.2) is 29.4 Å². The molecule has 22 heavy (non-hydrogen) atoms. The maximum Gasteiger partial charge on any atom is 0.270 e. The molecule has 116 valence electrons. The molecule has 0 aliphatic carbocycles. The Morgan fingerprint density at radius 1 is 1.27 bits per heavy atom. The van der Waals surface area contributed by atoms with Gasteiger partial charge in [-0.05, 0) is 30.5 Å². The van der Waals surface area contributed by atoms with Crippen molar-refractivity contribution in [2.75, 3.05) is 13.6 Å². The number of halogens is 1. The monoisotopic (exact) mass is 303 g/mol. The van der Waals surface area contributed by atoms with Crippen molar-refractivity contribution in [3.8, 4) is 0 Å². The molecule has 1 fully saturated rings. The number of likely N-dealkylation sites (tertiary alicyclic amines) is 1. The van der Waals surface area contributed by atoms with Crippen LogP contribution in [0.5, 0.6) is 0 Å². The average Bonchev–Trinajstić information content (AvgIpc) is 2.99. The fourth-order valence-electron chi connectivity index (χ4n) is 3.03. The minimum absolute atomic E-state index is 0.0428. The minimum atomic E-state index is -0.281. The van der Waals surface area contributed by atoms with Gasteiger partial charge in [0, 0.05) is 26.4 Å². The number of carbonyl (C=O) groups is 2. The Labute approximate surface area is 128 Å². The van der Waals surface area contributed by atoms with Gasteiger partial charge in [-0.3, -0.25) is 9.59 Å². The molecule has 0 radical (unpaired) electrons. The van der Waals surface area contributed by atoms with Crippen LogP contribution >= 0.6 is 0 Å². The molecule has 1 aromatic carbocycles. The van der Waals surface area contributed by atoms with Crippen molar-refractivity contribution in [2.45, 2.75) is 31.7 Å². The Morgan fingerprint density at radius 2 is 2.00 bits per heavy atom. The summed E-state index contributed by atoms with van der Waals surface area (Å²) in [5.74, 6) is -0.476. The van der Waals surface area contributed by atoms with Crippen molar-refractivity contribution in [3.63, 3.8) is 0 Å². The molecule has 5 nitrogen and oxygen atoms in total. The van der Waals surface area contributed by atoms with E-state index in [1.165, 1.54) is 17.1 Å². The largest absolute Gasteiger partial charge is 0.331 e. The third kappa shape index (κ3) is 2.73. The second-order valence-electron chi connectivity index (χ2n) is 5.67. The van der Waals surface area contributed by atoms with E-state index in [-0.39, 0.29) is 23.7 Å². The number of hydrogen-bond acceptors (Lipinski definition) is 3. The van der Waals surface area contributed by atoms with E-state index in [9.17, 15) is 14.0 Å². The number of rotatable bonds is 2. The molecule has 2 aliphatic rings. The Balaban J connectivity index is 1.81. The zero-order chi connectivity index (χ0) is 15.7. The topological polar surface area (TPSA) is 53.0 Å². The molecule has 1 unspecified atom stereocenters. The SMILES string of the molecule is CN1N=C(C(=O)N2CCCC2c2ccc(F)cc2)CCC1=O. The van der Waals surface area contributed by atoms with Crippen LogP contribution < -0.4 is 0 Å². The van der Waals surface area contributed by atoms with Crippen LogP contribution in [0.1, 0.15) is 37.3 Å². The van der Waals surface area contributed by atoms with E-state index in [1.54, 1.807) is 24.1 Å². The van der Waals surface area contributed by atoms with Crippen LogP contribution in [0.3, 0.4) is 0 Å². The van der Waals surface area contributed by atoms with Crippen LogP contribution in [0, 0.1) is 5.82 Å². The third-order valence-electron chi connectivity index (χ3n) is 4.22. The lowest BCUT2D eigenvalue weighted by Crippen LogP contribution is -2.40. The Kier molecular flexibility index (Phi) is 3.92. The quantitative estimate of drug-likeness (QED) is 0.840. The highest BCUT2D eigenvalue weighted by molar-refractivity contribution is 6.39. The summed E-state index contributed by atoms with van der Waals surface area (Å²) >= 11 is 0. The van der Waals surface area contributed by atoms with Gasteiger partial charge in [0.2, 0.25) is 5.91 Å². The second-order valence-corrected chi connectivity index (χ2v) is 5.67. The summed E-state index contributed by atoms with van der Waals surface area (Å²) in [5.41, 5.74) is 1.37. The first-order chi connectivity index (χ1) is 10.6. The third-order valence-corrected chi connectivity index (χ3v) is 4.22. The first kappa shape index (κ1) is 14.7. The van der Waals surface area contributed by atoms with Gasteiger partial charge in [-0.1, -0.05) is 12.1 Å². The highest BCUT2D eigenvalue weighted by atomic mass is 19.1. The molecule has 1 atom stereocenters. The van der Waals surface area contributed by atoms with Gasteiger partial charge in [-0.2, -0.15) is 5.10 Å². The molecule has 6 heteroatoms. The number of hydrogen-bond donors (Lipinski definition) is 0. The van der Waals surface area contributed by atoms with Gasteiger partial charge in [-0.25, -0.2) is 9.40 Å². The summed E-state index contributed by atoms with van der Waals surface area (Å²) in [7, 11) is 1.57. The van der Waals surface area contributed by atoms with E-state index >= 15 is 0 Å². The summed E-state index contributed by atoms with van der Waals surface area (Å²) < 4.78 is 13.1. The molecule has 0 bridgehead atoms. The normalized spacial score (nSPS) is 22.0. The summed E-state index contributed by atoms with van der Waals surface area (Å²) in [6.07, 6.45) is 2.47. The van der Waals surface area contributed by atoms with Crippen molar-refractivity contribution in [2.24, 2.45) is 5.10 Å². The molecule has 2 amide bonds. The van der Waals surface area contributed by atoms with E-state index in [0.29, 0.717) is 25.1 Å². The molecule has 0 aromatic heterocycles. The van der Waals surface area contributed by atoms with Gasteiger partial charge in [0.05, 0.1) is 6.04 Å². The highest BCUT2D eigenvalue weighted by Crippen LogP contribution is 2.32. The first-order valence-electron chi connectivity index (χ1n) is 7.47. The molecular formula is C16H18FN3O2. The lowest BCUT2D eigenvalue weighted by atomic mass is 10.0. The smallest absolute Gasteiger partial charge is 0.270 e. The van der Waals surface area contributed by atoms with Crippen LogP contribution in [0.2, 0.25) is 0 Å². The lowest BCUT2D eigenvalue weighted by Gasteiger charge is -2.27. The number of benzene rings is 1. The molecule has 0 N–H and O–H groups in total. The van der Waals surface area contributed by atoms with Crippen LogP contribution in [0.4, 0.5) is 4.39 Å². The molecule has 2 aliphatic heterocycles. The Morgan fingerprint density at radius 3 is 2.68 bits per heavy atom. The standard InChI is InChI=1S/C16H18FN3O2/c1-19-15(21)9-8-13(18-19)16(22)20-10-2-3-14(20)11-4-6-12(17)7-5-11/h4-7,14H,2-3,8-10H2,1H3. The predicted octanol–water partition coefficient (Wildman–Crippen LogP) is 2.10. The maximum atomic E-state index is 13.1. The van der Waals surface area contributed by atoms with E-state index in [4.69, 9.17) is 0 Å². The van der Waals surface area contributed by atoms with E-state index in [2.05, 4.69) is 5.10 Å². The van der Waals surface area contributed by atoms with E-state index in [0.717, 1.165) is 18.4 Å². The van der Waals surface area contributed by atoms with Crippen molar-refractivity contribution in [3.05, 3.63) is 35.6 Å². The van der Waals surface area contributed by atoms with Crippen molar-refractivity contribution < 1.29 is 14.0 Å². The molecule has 0 saturated carbocycles. The summed E-state index contributed by atoms with van der Waals surface area (Å²) in [4.78, 5) is 25.9. The van der Waals surface area contributed by atoms with Gasteiger partial charge < -0.3 is 4.90 Å². The zero-order valence-electron chi connectivity index (χ0n) is 12.5. The van der Waals surface area contributed by atoms with Gasteiger partial charge in [0.1, 0.15) is 11.5 Å². The van der Waals surface area contributed by atoms with E-state index < -0.39 is 0 Å². The predicted molar refractivity (Wildman–Crippen MR) is 79.5 cm³/mol. The van der Waals surface area contributed by atoms with Crippen LogP contribution in [-0.2, 0) is 9.59 Å². The number of nitrogens with zero attached hydrogens (tertiary/aromatic N) is 3. The minimum Gasteiger partial charge on any atom is -0.331 e. The second kappa shape index (κ2) is 5.87. The molecule has 1 aromatic rings. The molecular weight excluding hydrogens is 285 g/mol. The molecule has 1 saturated heterocycles. The molecule has 3 rings (SSSR count). The highest BCUT2D eigenvalue weighted by Gasteiger charge is 2.34. The lowest BCUT2D eigenvalue weighted by molar-refractivity contribution is -0.130. The van der Waals surface area contributed by atoms with Crippen molar-refractivity contribution >= 4 is 17.5 Å².